The first-order chi connectivity index (χ1) is 5.52. The summed E-state index contributed by atoms with van der Waals surface area (Å²) >= 11 is -0.0796. The van der Waals surface area contributed by atoms with Crippen molar-refractivity contribution in [2.75, 3.05) is 0 Å². The van der Waals surface area contributed by atoms with E-state index in [2.05, 4.69) is 0 Å². The van der Waals surface area contributed by atoms with Crippen molar-refractivity contribution in [2.24, 2.45) is 5.92 Å². The van der Waals surface area contributed by atoms with Gasteiger partial charge in [-0.15, -0.1) is 0 Å². The van der Waals surface area contributed by atoms with E-state index in [9.17, 15) is 15.0 Å². The van der Waals surface area contributed by atoms with Crippen LogP contribution in [0, 0.1) is 5.92 Å². The van der Waals surface area contributed by atoms with Crippen LogP contribution in [0.2, 0.25) is 0 Å². The van der Waals surface area contributed by atoms with Gasteiger partial charge in [0.2, 0.25) is 0 Å². The van der Waals surface area contributed by atoms with Gasteiger partial charge in [0.05, 0.1) is 0 Å². The first kappa shape index (κ1) is 11.1. The van der Waals surface area contributed by atoms with Crippen molar-refractivity contribution in [3.63, 3.8) is 0 Å². The average Bonchev–Trinajstić information content (AvgIpc) is 1.82. The monoisotopic (exact) mass is 240 g/mol. The molecule has 0 radical (unpaired) electrons. The van der Waals surface area contributed by atoms with E-state index in [1.807, 2.05) is 6.92 Å². The summed E-state index contributed by atoms with van der Waals surface area (Å²) in [6, 6.07) is 0. The number of aliphatic hydroxyl groups excluding tert-OH is 2. The number of ketones is 1. The minimum absolute atomic E-state index is 0.0713. The van der Waals surface area contributed by atoms with Crippen molar-refractivity contribution in [1.29, 1.82) is 0 Å². The second-order valence-electron chi connectivity index (χ2n) is 3.48. The van der Waals surface area contributed by atoms with Crippen LogP contribution in [0.4, 0.5) is 0 Å². The molecule has 3 nitrogen and oxygen atoms in total. The maximum atomic E-state index is 11.3. The molecular weight excluding hydrogens is 230 g/mol. The van der Waals surface area contributed by atoms with E-state index in [0.717, 1.165) is 0 Å². The molecule has 2 atom stereocenters. The van der Waals surface area contributed by atoms with Crippen molar-refractivity contribution < 1.29 is 15.0 Å². The van der Waals surface area contributed by atoms with E-state index >= 15 is 0 Å². The van der Waals surface area contributed by atoms with Gasteiger partial charge in [-0.25, -0.2) is 0 Å². The number of hydrogen-bond acceptors (Lipinski definition) is 3. The molecule has 4 heteroatoms. The maximum absolute atomic E-state index is 11.3. The Hall–Kier alpha value is 0.975. The Balaban J connectivity index is 2.89. The molecule has 1 aliphatic rings. The van der Waals surface area contributed by atoms with Crippen LogP contribution in [-0.2, 0) is 4.79 Å². The van der Waals surface area contributed by atoms with Gasteiger partial charge >= 0.3 is 113 Å². The predicted molar refractivity (Wildman–Crippen MR) is 44.8 cm³/mol. The number of carbonyl (C=O) groups is 1. The Labute approximate surface area is 111 Å². The molecule has 1 saturated carbocycles. The third kappa shape index (κ3) is 2.48. The second-order valence-corrected chi connectivity index (χ2v) is 5.81. The zero-order valence-electron chi connectivity index (χ0n) is 7.37. The SMILES string of the molecule is CC1CC(=O)/C(=[C](/O)[Rb])C(O)C1. The number of hydrogen-bond donors (Lipinski definition) is 2. The number of aliphatic hydroxyl groups is 2. The molecule has 0 bridgehead atoms. The van der Waals surface area contributed by atoms with Crippen molar-refractivity contribution >= 4 is 61.3 Å². The average molecular weight is 241 g/mol. The van der Waals surface area contributed by atoms with E-state index in [-0.39, 0.29) is 66.1 Å². The fourth-order valence-corrected chi connectivity index (χ4v) is 3.14. The third-order valence-electron chi connectivity index (χ3n) is 2.18. The molecule has 2 N–H and O–H groups in total. The summed E-state index contributed by atoms with van der Waals surface area (Å²) in [5, 5.41) is 18.7. The Morgan fingerprint density at radius 3 is 2.67 bits per heavy atom. The number of Topliss-reactive ketones (excluding diaryl/α,β-unsaturated/α-hetero) is 1. The quantitative estimate of drug-likeness (QED) is 0.473. The molecule has 1 aliphatic carbocycles. The molecule has 0 amide bonds. The van der Waals surface area contributed by atoms with Gasteiger partial charge in [0, 0.05) is 0 Å². The Kier molecular flexibility index (Phi) is 4.11. The molecule has 0 aromatic heterocycles. The van der Waals surface area contributed by atoms with Crippen LogP contribution in [-0.4, -0.2) is 77.6 Å². The van der Waals surface area contributed by atoms with Gasteiger partial charge in [-0.1, -0.05) is 0 Å². The van der Waals surface area contributed by atoms with Crippen molar-refractivity contribution in [2.45, 2.75) is 25.9 Å². The topological polar surface area (TPSA) is 57.5 Å². The third-order valence-corrected chi connectivity index (χ3v) is 3.51. The normalized spacial score (nSPS) is 35.2. The molecule has 62 valence electrons. The van der Waals surface area contributed by atoms with Crippen LogP contribution in [0.5, 0.6) is 0 Å². The van der Waals surface area contributed by atoms with E-state index < -0.39 is 6.10 Å². The molecule has 1 fully saturated rings. The van der Waals surface area contributed by atoms with Gasteiger partial charge in [-0.3, -0.25) is 0 Å². The molecule has 0 spiro atoms. The van der Waals surface area contributed by atoms with Gasteiger partial charge in [0.15, 0.2) is 0 Å². The number of rotatable bonds is 0. The molecular formula is C8H11O3Rb. The first-order valence-corrected chi connectivity index (χ1v) is 6.59. The minimum atomic E-state index is -0.719. The predicted octanol–water partition coefficient (Wildman–Crippen LogP) is 0.284. The fourth-order valence-electron chi connectivity index (χ4n) is 1.64. The summed E-state index contributed by atoms with van der Waals surface area (Å²) in [5.74, 6) is 0.170. The van der Waals surface area contributed by atoms with Crippen molar-refractivity contribution in [3.8, 4) is 0 Å². The Bertz CT molecular complexity index is 230. The van der Waals surface area contributed by atoms with E-state index in [1.165, 1.54) is 0 Å². The van der Waals surface area contributed by atoms with Crippen LogP contribution < -0.4 is 0 Å². The Morgan fingerprint density at radius 1 is 1.67 bits per heavy atom. The van der Waals surface area contributed by atoms with Crippen LogP contribution >= 0.6 is 0 Å². The summed E-state index contributed by atoms with van der Waals surface area (Å²) in [6.45, 7) is 1.94. The van der Waals surface area contributed by atoms with E-state index in [4.69, 9.17) is 0 Å². The summed E-state index contributed by atoms with van der Waals surface area (Å²) < 4.78 is 0.168. The van der Waals surface area contributed by atoms with E-state index in [1.54, 1.807) is 0 Å². The van der Waals surface area contributed by atoms with Crippen LogP contribution in [0.25, 0.3) is 0 Å². The zero-order valence-corrected chi connectivity index (χ0v) is 12.3. The van der Waals surface area contributed by atoms with Gasteiger partial charge in [0.25, 0.3) is 0 Å². The molecule has 12 heavy (non-hydrogen) atoms. The van der Waals surface area contributed by atoms with Gasteiger partial charge < -0.3 is 0 Å². The molecule has 0 saturated heterocycles. The van der Waals surface area contributed by atoms with Crippen molar-refractivity contribution in [3.05, 3.63) is 4.40 Å². The van der Waals surface area contributed by atoms with Crippen molar-refractivity contribution in [1.82, 2.24) is 0 Å². The summed E-state index contributed by atoms with van der Waals surface area (Å²) in [5.41, 5.74) is 0.295. The van der Waals surface area contributed by atoms with Gasteiger partial charge in [-0.05, 0) is 0 Å². The van der Waals surface area contributed by atoms with E-state index in [0.29, 0.717) is 18.4 Å². The molecule has 0 aliphatic heterocycles. The summed E-state index contributed by atoms with van der Waals surface area (Å²) in [6.07, 6.45) is 0.351. The van der Waals surface area contributed by atoms with Gasteiger partial charge in [-0.2, -0.15) is 0 Å². The summed E-state index contributed by atoms with van der Waals surface area (Å²) in [4.78, 5) is 11.3. The molecule has 0 heterocycles. The van der Waals surface area contributed by atoms with Crippen LogP contribution in [0.15, 0.2) is 4.40 Å². The van der Waals surface area contributed by atoms with Gasteiger partial charge in [0.1, 0.15) is 0 Å². The fraction of sp³-hybridized carbons (Fsp3) is 0.625. The zero-order chi connectivity index (χ0) is 9.30. The molecule has 0 aromatic rings. The molecule has 1 rings (SSSR count). The molecule has 2 unspecified atom stereocenters. The second kappa shape index (κ2) is 4.46. The van der Waals surface area contributed by atoms with Crippen LogP contribution in [0.1, 0.15) is 19.8 Å². The Morgan fingerprint density at radius 2 is 2.25 bits per heavy atom. The van der Waals surface area contributed by atoms with Crippen LogP contribution in [0.3, 0.4) is 0 Å². The summed E-state index contributed by atoms with van der Waals surface area (Å²) in [7, 11) is 0. The first-order valence-electron chi connectivity index (χ1n) is 4.13. The standard InChI is InChI=1S/C8H11O3.Rb/c1-5-2-7(10)6(4-9)8(11)3-5;/h5,7,9-10H,2-3H2,1H3;. The number of carbonyl (C=O) groups excluding carboxylic acids is 1. The molecule has 0 aromatic carbocycles.